The Balaban J connectivity index is 1.98. The zero-order valence-electron chi connectivity index (χ0n) is 9.27. The summed E-state index contributed by atoms with van der Waals surface area (Å²) in [5.41, 5.74) is 2.56. The summed E-state index contributed by atoms with van der Waals surface area (Å²) >= 11 is 1.53. The van der Waals surface area contributed by atoms with Crippen LogP contribution >= 0.6 is 11.8 Å². The maximum atomic E-state index is 10.7. The van der Waals surface area contributed by atoms with E-state index in [0.29, 0.717) is 5.75 Å². The van der Waals surface area contributed by atoms with Gasteiger partial charge >= 0.3 is 5.97 Å². The van der Waals surface area contributed by atoms with Crippen LogP contribution in [0.4, 0.5) is 0 Å². The van der Waals surface area contributed by atoms with Crippen LogP contribution in [-0.4, -0.2) is 21.8 Å². The molecular formula is C12H15NO2S. The lowest BCUT2D eigenvalue weighted by atomic mass is 10.2. The van der Waals surface area contributed by atoms with Gasteiger partial charge in [-0.15, -0.1) is 11.8 Å². The van der Waals surface area contributed by atoms with Crippen molar-refractivity contribution < 1.29 is 9.90 Å². The molecule has 0 bridgehead atoms. The molecule has 0 radical (unpaired) electrons. The van der Waals surface area contributed by atoms with Crippen molar-refractivity contribution in [2.24, 2.45) is 5.92 Å². The number of rotatable bonds is 4. The second kappa shape index (κ2) is 4.87. The monoisotopic (exact) mass is 237 g/mol. The molecule has 2 rings (SSSR count). The molecule has 0 saturated heterocycles. The molecule has 0 amide bonds. The van der Waals surface area contributed by atoms with Gasteiger partial charge in [0.15, 0.2) is 0 Å². The van der Waals surface area contributed by atoms with Crippen LogP contribution in [0.25, 0.3) is 0 Å². The van der Waals surface area contributed by atoms with Crippen molar-refractivity contribution in [3.05, 3.63) is 23.4 Å². The average molecular weight is 237 g/mol. The molecule has 1 unspecified atom stereocenters. The van der Waals surface area contributed by atoms with Crippen molar-refractivity contribution >= 4 is 17.7 Å². The summed E-state index contributed by atoms with van der Waals surface area (Å²) in [6, 6.07) is 4.13. The van der Waals surface area contributed by atoms with Crippen LogP contribution in [0.5, 0.6) is 0 Å². The number of hydrogen-bond acceptors (Lipinski definition) is 3. The second-order valence-corrected chi connectivity index (χ2v) is 5.20. The van der Waals surface area contributed by atoms with Gasteiger partial charge in [0.25, 0.3) is 0 Å². The Morgan fingerprint density at radius 2 is 2.38 bits per heavy atom. The number of aromatic nitrogens is 1. The Morgan fingerprint density at radius 1 is 1.56 bits per heavy atom. The number of carboxylic acids is 1. The standard InChI is InChI=1S/C12H15NO2S/c1-8(12(14)15)7-16-11-6-5-9-3-2-4-10(9)13-11/h5-6,8H,2-4,7H2,1H3,(H,14,15). The van der Waals surface area contributed by atoms with E-state index in [9.17, 15) is 4.79 Å². The van der Waals surface area contributed by atoms with Gasteiger partial charge in [-0.25, -0.2) is 4.98 Å². The minimum atomic E-state index is -0.742. The zero-order valence-corrected chi connectivity index (χ0v) is 10.1. The highest BCUT2D eigenvalue weighted by atomic mass is 32.2. The molecule has 16 heavy (non-hydrogen) atoms. The summed E-state index contributed by atoms with van der Waals surface area (Å²) < 4.78 is 0. The molecule has 0 fully saturated rings. The largest absolute Gasteiger partial charge is 0.481 e. The molecular weight excluding hydrogens is 222 g/mol. The van der Waals surface area contributed by atoms with Crippen LogP contribution in [-0.2, 0) is 17.6 Å². The molecule has 0 aliphatic heterocycles. The van der Waals surface area contributed by atoms with E-state index in [2.05, 4.69) is 11.1 Å². The fourth-order valence-electron chi connectivity index (χ4n) is 1.76. The van der Waals surface area contributed by atoms with Crippen molar-refractivity contribution in [1.29, 1.82) is 0 Å². The van der Waals surface area contributed by atoms with Gasteiger partial charge in [-0.3, -0.25) is 4.79 Å². The number of nitrogens with zero attached hydrogens (tertiary/aromatic N) is 1. The highest BCUT2D eigenvalue weighted by molar-refractivity contribution is 7.99. The third kappa shape index (κ3) is 2.55. The Hall–Kier alpha value is -1.03. The lowest BCUT2D eigenvalue weighted by Gasteiger charge is -2.06. The first-order valence-corrected chi connectivity index (χ1v) is 6.50. The van der Waals surface area contributed by atoms with E-state index in [4.69, 9.17) is 5.11 Å². The summed E-state index contributed by atoms with van der Waals surface area (Å²) in [5, 5.41) is 9.73. The molecule has 0 aromatic carbocycles. The maximum absolute atomic E-state index is 10.7. The van der Waals surface area contributed by atoms with Crippen molar-refractivity contribution in [2.75, 3.05) is 5.75 Å². The highest BCUT2D eigenvalue weighted by Gasteiger charge is 2.14. The number of thioether (sulfide) groups is 1. The average Bonchev–Trinajstić information content (AvgIpc) is 2.72. The number of carbonyl (C=O) groups is 1. The van der Waals surface area contributed by atoms with Gasteiger partial charge in [0.1, 0.15) is 0 Å². The van der Waals surface area contributed by atoms with Gasteiger partial charge < -0.3 is 5.11 Å². The van der Waals surface area contributed by atoms with Crippen LogP contribution in [0.3, 0.4) is 0 Å². The predicted octanol–water partition coefficient (Wildman–Crippen LogP) is 2.38. The third-order valence-electron chi connectivity index (χ3n) is 2.81. The van der Waals surface area contributed by atoms with Gasteiger partial charge in [-0.2, -0.15) is 0 Å². The molecule has 4 heteroatoms. The lowest BCUT2D eigenvalue weighted by Crippen LogP contribution is -2.11. The van der Waals surface area contributed by atoms with E-state index < -0.39 is 5.97 Å². The topological polar surface area (TPSA) is 50.2 Å². The van der Waals surface area contributed by atoms with Crippen molar-refractivity contribution in [3.8, 4) is 0 Å². The Morgan fingerprint density at radius 3 is 3.12 bits per heavy atom. The number of pyridine rings is 1. The molecule has 1 N–H and O–H groups in total. The Kier molecular flexibility index (Phi) is 3.49. The molecule has 1 aliphatic carbocycles. The molecule has 1 heterocycles. The molecule has 3 nitrogen and oxygen atoms in total. The molecule has 1 aromatic rings. The number of aryl methyl sites for hydroxylation is 2. The number of carboxylic acid groups (broad SMARTS) is 1. The maximum Gasteiger partial charge on any atom is 0.307 e. The minimum Gasteiger partial charge on any atom is -0.481 e. The number of hydrogen-bond donors (Lipinski definition) is 1. The van der Waals surface area contributed by atoms with Crippen LogP contribution in [0.1, 0.15) is 24.6 Å². The summed E-state index contributed by atoms with van der Waals surface area (Å²) in [6.45, 7) is 1.72. The highest BCUT2D eigenvalue weighted by Crippen LogP contribution is 2.25. The number of fused-ring (bicyclic) bond motifs is 1. The summed E-state index contributed by atoms with van der Waals surface area (Å²) in [6.07, 6.45) is 3.40. The number of aliphatic carboxylic acids is 1. The second-order valence-electron chi connectivity index (χ2n) is 4.16. The fourth-order valence-corrected chi connectivity index (χ4v) is 2.66. The molecule has 0 spiro atoms. The molecule has 1 aromatic heterocycles. The normalized spacial score (nSPS) is 15.8. The Bertz CT molecular complexity index is 406. The van der Waals surface area contributed by atoms with Gasteiger partial charge in [0.2, 0.25) is 0 Å². The van der Waals surface area contributed by atoms with E-state index in [-0.39, 0.29) is 5.92 Å². The summed E-state index contributed by atoms with van der Waals surface area (Å²) in [4.78, 5) is 15.2. The van der Waals surface area contributed by atoms with Crippen molar-refractivity contribution in [2.45, 2.75) is 31.2 Å². The zero-order chi connectivity index (χ0) is 11.5. The van der Waals surface area contributed by atoms with E-state index in [1.807, 2.05) is 6.07 Å². The predicted molar refractivity (Wildman–Crippen MR) is 63.8 cm³/mol. The smallest absolute Gasteiger partial charge is 0.307 e. The molecule has 1 aliphatic rings. The summed E-state index contributed by atoms with van der Waals surface area (Å²) in [5.74, 6) is -0.477. The SMILES string of the molecule is CC(CSc1ccc2c(n1)CCC2)C(=O)O. The van der Waals surface area contributed by atoms with Crippen LogP contribution in [0.2, 0.25) is 0 Å². The van der Waals surface area contributed by atoms with Gasteiger partial charge in [-0.05, 0) is 30.9 Å². The Labute approximate surface area is 99.3 Å². The van der Waals surface area contributed by atoms with E-state index >= 15 is 0 Å². The molecule has 1 atom stereocenters. The van der Waals surface area contributed by atoms with Gasteiger partial charge in [0.05, 0.1) is 10.9 Å². The van der Waals surface area contributed by atoms with Crippen LogP contribution in [0, 0.1) is 5.92 Å². The van der Waals surface area contributed by atoms with E-state index in [1.54, 1.807) is 6.92 Å². The lowest BCUT2D eigenvalue weighted by molar-refractivity contribution is -0.140. The fraction of sp³-hybridized carbons (Fsp3) is 0.500. The first-order valence-electron chi connectivity index (χ1n) is 5.51. The minimum absolute atomic E-state index is 0.319. The first-order chi connectivity index (χ1) is 7.66. The quantitative estimate of drug-likeness (QED) is 0.817. The molecule has 0 saturated carbocycles. The van der Waals surface area contributed by atoms with E-state index in [0.717, 1.165) is 17.9 Å². The van der Waals surface area contributed by atoms with Gasteiger partial charge in [-0.1, -0.05) is 13.0 Å². The third-order valence-corrected chi connectivity index (χ3v) is 4.00. The summed E-state index contributed by atoms with van der Waals surface area (Å²) in [7, 11) is 0. The van der Waals surface area contributed by atoms with Crippen LogP contribution < -0.4 is 0 Å². The van der Waals surface area contributed by atoms with Crippen molar-refractivity contribution in [1.82, 2.24) is 4.98 Å². The van der Waals surface area contributed by atoms with Crippen LogP contribution in [0.15, 0.2) is 17.2 Å². The van der Waals surface area contributed by atoms with E-state index in [1.165, 1.54) is 29.4 Å². The van der Waals surface area contributed by atoms with Crippen molar-refractivity contribution in [3.63, 3.8) is 0 Å². The van der Waals surface area contributed by atoms with Gasteiger partial charge in [0, 0.05) is 11.4 Å². The molecule has 86 valence electrons. The first kappa shape index (κ1) is 11.5.